The van der Waals surface area contributed by atoms with Crippen molar-refractivity contribution in [3.63, 3.8) is 0 Å². The molecule has 0 spiro atoms. The van der Waals surface area contributed by atoms with Crippen molar-refractivity contribution in [3.05, 3.63) is 34.3 Å². The van der Waals surface area contributed by atoms with Crippen LogP contribution in [0, 0.1) is 0 Å². The van der Waals surface area contributed by atoms with Crippen LogP contribution in [0.3, 0.4) is 0 Å². The zero-order valence-corrected chi connectivity index (χ0v) is 19.1. The van der Waals surface area contributed by atoms with Crippen LogP contribution < -0.4 is 10.6 Å². The van der Waals surface area contributed by atoms with Crippen molar-refractivity contribution in [1.82, 2.24) is 15.5 Å². The molecule has 1 aromatic rings. The van der Waals surface area contributed by atoms with E-state index in [2.05, 4.69) is 56.7 Å². The number of rotatable bonds is 7. The number of likely N-dealkylation sites (N-methyl/N-ethyl adjacent to an activating group) is 1. The first kappa shape index (κ1) is 22.2. The molecular weight excluding hydrogens is 495 g/mol. The highest BCUT2D eigenvalue weighted by atomic mass is 127. The maximum Gasteiger partial charge on any atom is 0.243 e. The van der Waals surface area contributed by atoms with Crippen molar-refractivity contribution >= 4 is 51.8 Å². The summed E-state index contributed by atoms with van der Waals surface area (Å²) in [5.74, 6) is 0.713. The molecule has 0 unspecified atom stereocenters. The molecule has 140 valence electrons. The predicted octanol–water partition coefficient (Wildman–Crippen LogP) is 3.13. The first-order valence-corrected chi connectivity index (χ1v) is 9.25. The zero-order chi connectivity index (χ0) is 17.6. The minimum atomic E-state index is -0.000428. The van der Waals surface area contributed by atoms with Gasteiger partial charge in [0.05, 0.1) is 0 Å². The highest BCUT2D eigenvalue weighted by molar-refractivity contribution is 14.0. The van der Waals surface area contributed by atoms with Gasteiger partial charge in [-0.3, -0.25) is 4.79 Å². The van der Waals surface area contributed by atoms with E-state index in [1.165, 1.54) is 18.4 Å². The lowest BCUT2D eigenvalue weighted by Gasteiger charge is -2.20. The van der Waals surface area contributed by atoms with Gasteiger partial charge in [0, 0.05) is 37.1 Å². The number of aliphatic imine (C=N–C) groups is 1. The molecule has 1 aliphatic rings. The Kier molecular flexibility index (Phi) is 9.20. The van der Waals surface area contributed by atoms with Crippen LogP contribution in [0.15, 0.2) is 33.7 Å². The summed E-state index contributed by atoms with van der Waals surface area (Å²) in [5, 5.41) is 6.71. The SMILES string of the molecule is CCCNC(=NCC(=O)N(C)C)NCC1(c2ccccc2Br)CC1.I. The molecule has 0 atom stereocenters. The minimum absolute atomic E-state index is 0. The van der Waals surface area contributed by atoms with E-state index in [-0.39, 0.29) is 41.8 Å². The molecule has 1 aromatic carbocycles. The monoisotopic (exact) mass is 522 g/mol. The number of hydrogen-bond donors (Lipinski definition) is 2. The van der Waals surface area contributed by atoms with Gasteiger partial charge in [0.2, 0.25) is 5.91 Å². The molecule has 1 amide bonds. The van der Waals surface area contributed by atoms with Crippen LogP contribution in [-0.4, -0.2) is 50.5 Å². The summed E-state index contributed by atoms with van der Waals surface area (Å²) in [6.07, 6.45) is 3.35. The highest BCUT2D eigenvalue weighted by Crippen LogP contribution is 2.49. The van der Waals surface area contributed by atoms with Gasteiger partial charge in [0.1, 0.15) is 6.54 Å². The van der Waals surface area contributed by atoms with Gasteiger partial charge in [-0.25, -0.2) is 4.99 Å². The maximum atomic E-state index is 11.8. The largest absolute Gasteiger partial charge is 0.356 e. The quantitative estimate of drug-likeness (QED) is 0.328. The Morgan fingerprint density at radius 3 is 2.52 bits per heavy atom. The molecule has 0 saturated heterocycles. The van der Waals surface area contributed by atoms with Gasteiger partial charge >= 0.3 is 0 Å². The second-order valence-corrected chi connectivity index (χ2v) is 7.35. The smallest absolute Gasteiger partial charge is 0.243 e. The molecule has 0 aliphatic heterocycles. The number of halogens is 2. The molecule has 1 fully saturated rings. The van der Waals surface area contributed by atoms with Gasteiger partial charge in [-0.2, -0.15) is 0 Å². The van der Waals surface area contributed by atoms with Crippen molar-refractivity contribution in [1.29, 1.82) is 0 Å². The van der Waals surface area contributed by atoms with E-state index in [4.69, 9.17) is 0 Å². The van der Waals surface area contributed by atoms with Crippen LogP contribution in [0.1, 0.15) is 31.7 Å². The number of amides is 1. The first-order valence-electron chi connectivity index (χ1n) is 8.46. The average molecular weight is 523 g/mol. The molecule has 0 aromatic heterocycles. The number of nitrogens with one attached hydrogen (secondary N) is 2. The third-order valence-corrected chi connectivity index (χ3v) is 5.00. The van der Waals surface area contributed by atoms with Crippen LogP contribution >= 0.6 is 39.9 Å². The number of carbonyl (C=O) groups is 1. The van der Waals surface area contributed by atoms with Gasteiger partial charge < -0.3 is 15.5 Å². The number of carbonyl (C=O) groups excluding carboxylic acids is 1. The number of guanidine groups is 1. The predicted molar refractivity (Wildman–Crippen MR) is 118 cm³/mol. The van der Waals surface area contributed by atoms with Gasteiger partial charge in [0.25, 0.3) is 0 Å². The lowest BCUT2D eigenvalue weighted by molar-refractivity contribution is -0.127. The molecule has 0 heterocycles. The first-order chi connectivity index (χ1) is 11.5. The molecule has 2 rings (SSSR count). The van der Waals surface area contributed by atoms with Gasteiger partial charge in [-0.05, 0) is 30.9 Å². The maximum absolute atomic E-state index is 11.8. The topological polar surface area (TPSA) is 56.7 Å². The van der Waals surface area contributed by atoms with E-state index in [9.17, 15) is 4.79 Å². The minimum Gasteiger partial charge on any atom is -0.356 e. The zero-order valence-electron chi connectivity index (χ0n) is 15.1. The standard InChI is InChI=1S/C18H27BrN4O.HI/c1-4-11-20-17(21-12-16(24)23(2)3)22-13-18(9-10-18)14-7-5-6-8-15(14)19;/h5-8H,4,9-13H2,1-3H3,(H2,20,21,22);1H. The van der Waals surface area contributed by atoms with E-state index in [0.29, 0.717) is 5.96 Å². The summed E-state index contributed by atoms with van der Waals surface area (Å²) in [6.45, 7) is 3.93. The van der Waals surface area contributed by atoms with Crippen molar-refractivity contribution in [2.75, 3.05) is 33.7 Å². The molecule has 0 radical (unpaired) electrons. The highest BCUT2D eigenvalue weighted by Gasteiger charge is 2.45. The summed E-state index contributed by atoms with van der Waals surface area (Å²) in [4.78, 5) is 17.7. The number of benzene rings is 1. The van der Waals surface area contributed by atoms with E-state index in [0.717, 1.165) is 24.0 Å². The molecule has 5 nitrogen and oxygen atoms in total. The lowest BCUT2D eigenvalue weighted by atomic mass is 9.96. The van der Waals surface area contributed by atoms with E-state index >= 15 is 0 Å². The van der Waals surface area contributed by atoms with Crippen LogP contribution in [0.5, 0.6) is 0 Å². The average Bonchev–Trinajstić information content (AvgIpc) is 3.35. The van der Waals surface area contributed by atoms with E-state index in [1.807, 2.05) is 6.07 Å². The normalized spacial score (nSPS) is 15.1. The van der Waals surface area contributed by atoms with Crippen LogP contribution in [-0.2, 0) is 10.2 Å². The molecule has 2 N–H and O–H groups in total. The van der Waals surface area contributed by atoms with Gasteiger partial charge in [-0.15, -0.1) is 24.0 Å². The third-order valence-electron chi connectivity index (χ3n) is 4.31. The Morgan fingerprint density at radius 1 is 1.28 bits per heavy atom. The molecule has 7 heteroatoms. The summed E-state index contributed by atoms with van der Waals surface area (Å²) in [7, 11) is 3.49. The lowest BCUT2D eigenvalue weighted by Crippen LogP contribution is -2.42. The molecule has 0 bridgehead atoms. The Morgan fingerprint density at radius 2 is 1.96 bits per heavy atom. The fourth-order valence-electron chi connectivity index (χ4n) is 2.54. The van der Waals surface area contributed by atoms with Gasteiger partial charge in [-0.1, -0.05) is 41.1 Å². The summed E-state index contributed by atoms with van der Waals surface area (Å²) >= 11 is 3.66. The summed E-state index contributed by atoms with van der Waals surface area (Å²) in [5.41, 5.74) is 1.51. The van der Waals surface area contributed by atoms with E-state index < -0.39 is 0 Å². The van der Waals surface area contributed by atoms with Crippen molar-refractivity contribution in [2.45, 2.75) is 31.6 Å². The molecule has 1 aliphatic carbocycles. The van der Waals surface area contributed by atoms with Crippen molar-refractivity contribution in [3.8, 4) is 0 Å². The van der Waals surface area contributed by atoms with Crippen molar-refractivity contribution in [2.24, 2.45) is 4.99 Å². The van der Waals surface area contributed by atoms with Crippen molar-refractivity contribution < 1.29 is 4.79 Å². The third kappa shape index (κ3) is 6.44. The Labute approximate surface area is 176 Å². The van der Waals surface area contributed by atoms with Gasteiger partial charge in [0.15, 0.2) is 5.96 Å². The Balaban J connectivity index is 0.00000312. The Hall–Kier alpha value is -0.830. The molecule has 1 saturated carbocycles. The van der Waals surface area contributed by atoms with Crippen LogP contribution in [0.25, 0.3) is 0 Å². The van der Waals surface area contributed by atoms with E-state index in [1.54, 1.807) is 19.0 Å². The second kappa shape index (κ2) is 10.4. The second-order valence-electron chi connectivity index (χ2n) is 6.49. The summed E-state index contributed by atoms with van der Waals surface area (Å²) < 4.78 is 1.16. The molecular formula is C18H28BrIN4O. The molecule has 25 heavy (non-hydrogen) atoms. The number of hydrogen-bond acceptors (Lipinski definition) is 2. The van der Waals surface area contributed by atoms with Crippen LogP contribution in [0.4, 0.5) is 0 Å². The fourth-order valence-corrected chi connectivity index (χ4v) is 3.25. The fraction of sp³-hybridized carbons (Fsp3) is 0.556. The number of nitrogens with zero attached hydrogens (tertiary/aromatic N) is 2. The Bertz CT molecular complexity index is 602. The summed E-state index contributed by atoms with van der Waals surface area (Å²) in [6, 6.07) is 8.40. The van der Waals surface area contributed by atoms with Crippen LogP contribution in [0.2, 0.25) is 0 Å².